The van der Waals surface area contributed by atoms with Gasteiger partial charge < -0.3 is 16.4 Å². The second kappa shape index (κ2) is 7.97. The molecule has 0 atom stereocenters. The maximum Gasteiger partial charge on any atom is 0.313 e. The van der Waals surface area contributed by atoms with Crippen LogP contribution in [0.4, 0.5) is 5.69 Å². The lowest BCUT2D eigenvalue weighted by molar-refractivity contribution is -0.136. The Morgan fingerprint density at radius 3 is 2.26 bits per heavy atom. The number of hydrogen-bond acceptors (Lipinski definition) is 3. The Bertz CT molecular complexity index is 715. The largest absolute Gasteiger partial charge is 0.344 e. The summed E-state index contributed by atoms with van der Waals surface area (Å²) in [4.78, 5) is 23.7. The van der Waals surface area contributed by atoms with Crippen LogP contribution in [-0.2, 0) is 22.7 Å². The van der Waals surface area contributed by atoms with Crippen molar-refractivity contribution in [2.24, 2.45) is 5.73 Å². The second-order valence-electron chi connectivity index (χ2n) is 4.82. The van der Waals surface area contributed by atoms with Gasteiger partial charge in [0.15, 0.2) is 0 Å². The molecule has 5 nitrogen and oxygen atoms in total. The summed E-state index contributed by atoms with van der Waals surface area (Å²) in [5.41, 5.74) is 7.73. The topological polar surface area (TPSA) is 84.2 Å². The number of benzene rings is 2. The molecule has 7 heteroatoms. The van der Waals surface area contributed by atoms with Crippen molar-refractivity contribution in [1.29, 1.82) is 0 Å². The summed E-state index contributed by atoms with van der Waals surface area (Å²) in [6.07, 6.45) is 0. The van der Waals surface area contributed by atoms with Gasteiger partial charge in [-0.15, -0.1) is 0 Å². The zero-order valence-electron chi connectivity index (χ0n) is 12.1. The van der Waals surface area contributed by atoms with E-state index in [1.165, 1.54) is 18.2 Å². The minimum Gasteiger partial charge on any atom is -0.344 e. The van der Waals surface area contributed by atoms with Crippen LogP contribution < -0.4 is 16.4 Å². The molecule has 2 amide bonds. The molecule has 0 bridgehead atoms. The van der Waals surface area contributed by atoms with E-state index >= 15 is 0 Å². The number of hydrogen-bond donors (Lipinski definition) is 3. The van der Waals surface area contributed by atoms with Gasteiger partial charge in [-0.3, -0.25) is 9.59 Å². The summed E-state index contributed by atoms with van der Waals surface area (Å²) in [6, 6.07) is 12.0. The number of halogens is 2. The van der Waals surface area contributed by atoms with Crippen molar-refractivity contribution in [1.82, 2.24) is 5.32 Å². The van der Waals surface area contributed by atoms with Crippen molar-refractivity contribution in [3.63, 3.8) is 0 Å². The van der Waals surface area contributed by atoms with Gasteiger partial charge in [0.2, 0.25) is 0 Å². The van der Waals surface area contributed by atoms with Crippen LogP contribution in [-0.4, -0.2) is 11.8 Å². The molecular weight excluding hydrogens is 337 g/mol. The second-order valence-corrected chi connectivity index (χ2v) is 5.69. The summed E-state index contributed by atoms with van der Waals surface area (Å²) < 4.78 is 0. The van der Waals surface area contributed by atoms with Crippen molar-refractivity contribution >= 4 is 40.7 Å². The molecule has 4 N–H and O–H groups in total. The predicted octanol–water partition coefficient (Wildman–Crippen LogP) is 2.71. The SMILES string of the molecule is NCc1cccc(CNC(=O)C(=O)Nc2cc(Cl)cc(Cl)c2)c1. The van der Waals surface area contributed by atoms with Crippen molar-refractivity contribution in [3.05, 3.63) is 63.6 Å². The van der Waals surface area contributed by atoms with Crippen molar-refractivity contribution in [2.45, 2.75) is 13.1 Å². The van der Waals surface area contributed by atoms with Crippen LogP contribution in [0.15, 0.2) is 42.5 Å². The standard InChI is InChI=1S/C16H15Cl2N3O2/c17-12-5-13(18)7-14(6-12)21-16(23)15(22)20-9-11-3-1-2-10(4-11)8-19/h1-7H,8-9,19H2,(H,20,22)(H,21,23). The highest BCUT2D eigenvalue weighted by Gasteiger charge is 2.14. The van der Waals surface area contributed by atoms with Gasteiger partial charge in [0.25, 0.3) is 0 Å². The van der Waals surface area contributed by atoms with Crippen LogP contribution in [0.2, 0.25) is 10.0 Å². The zero-order valence-corrected chi connectivity index (χ0v) is 13.6. The Morgan fingerprint density at radius 1 is 0.957 bits per heavy atom. The lowest BCUT2D eigenvalue weighted by atomic mass is 10.1. The Balaban J connectivity index is 1.93. The fraction of sp³-hybridized carbons (Fsp3) is 0.125. The number of nitrogens with one attached hydrogen (secondary N) is 2. The normalized spacial score (nSPS) is 10.2. The molecule has 2 aromatic rings. The molecule has 23 heavy (non-hydrogen) atoms. The molecule has 0 aliphatic rings. The lowest BCUT2D eigenvalue weighted by Crippen LogP contribution is -2.35. The predicted molar refractivity (Wildman–Crippen MR) is 91.3 cm³/mol. The molecule has 0 aromatic heterocycles. The molecule has 0 aliphatic carbocycles. The highest BCUT2D eigenvalue weighted by molar-refractivity contribution is 6.40. The summed E-state index contributed by atoms with van der Waals surface area (Å²) in [6.45, 7) is 0.647. The smallest absolute Gasteiger partial charge is 0.313 e. The third kappa shape index (κ3) is 5.25. The average Bonchev–Trinajstić information content (AvgIpc) is 2.51. The molecule has 0 saturated heterocycles. The summed E-state index contributed by atoms with van der Waals surface area (Å²) in [5.74, 6) is -1.54. The average molecular weight is 352 g/mol. The van der Waals surface area contributed by atoms with E-state index in [4.69, 9.17) is 28.9 Å². The van der Waals surface area contributed by atoms with Crippen molar-refractivity contribution < 1.29 is 9.59 Å². The summed E-state index contributed by atoms with van der Waals surface area (Å²) in [7, 11) is 0. The maximum atomic E-state index is 11.9. The van der Waals surface area contributed by atoms with Crippen LogP contribution in [0.1, 0.15) is 11.1 Å². The van der Waals surface area contributed by atoms with Crippen LogP contribution in [0.3, 0.4) is 0 Å². The van der Waals surface area contributed by atoms with Crippen LogP contribution in [0.25, 0.3) is 0 Å². The van der Waals surface area contributed by atoms with Gasteiger partial charge in [0.05, 0.1) is 0 Å². The number of nitrogens with two attached hydrogens (primary N) is 1. The van der Waals surface area contributed by atoms with E-state index in [2.05, 4.69) is 10.6 Å². The third-order valence-electron chi connectivity index (χ3n) is 3.01. The van der Waals surface area contributed by atoms with E-state index in [1.807, 2.05) is 24.3 Å². The number of rotatable bonds is 4. The molecule has 0 aliphatic heterocycles. The quantitative estimate of drug-likeness (QED) is 0.740. The highest BCUT2D eigenvalue weighted by atomic mass is 35.5. The highest BCUT2D eigenvalue weighted by Crippen LogP contribution is 2.22. The van der Waals surface area contributed by atoms with E-state index in [-0.39, 0.29) is 6.54 Å². The van der Waals surface area contributed by atoms with Crippen LogP contribution >= 0.6 is 23.2 Å². The minimum atomic E-state index is -0.793. The molecule has 120 valence electrons. The van der Waals surface area contributed by atoms with Crippen molar-refractivity contribution in [2.75, 3.05) is 5.32 Å². The fourth-order valence-electron chi connectivity index (χ4n) is 1.94. The maximum absolute atomic E-state index is 11.9. The fourth-order valence-corrected chi connectivity index (χ4v) is 2.47. The number of amides is 2. The van der Waals surface area contributed by atoms with Crippen LogP contribution in [0, 0.1) is 0 Å². The molecule has 0 fully saturated rings. The van der Waals surface area contributed by atoms with E-state index in [1.54, 1.807) is 0 Å². The molecule has 0 unspecified atom stereocenters. The van der Waals surface area contributed by atoms with Gasteiger partial charge in [-0.25, -0.2) is 0 Å². The van der Waals surface area contributed by atoms with Gasteiger partial charge in [-0.05, 0) is 29.3 Å². The van der Waals surface area contributed by atoms with E-state index in [0.717, 1.165) is 11.1 Å². The Morgan fingerprint density at radius 2 is 1.61 bits per heavy atom. The van der Waals surface area contributed by atoms with E-state index in [9.17, 15) is 9.59 Å². The molecule has 0 spiro atoms. The molecule has 0 radical (unpaired) electrons. The number of carbonyl (C=O) groups is 2. The first-order valence-electron chi connectivity index (χ1n) is 6.81. The first-order valence-corrected chi connectivity index (χ1v) is 7.56. The molecule has 0 saturated carbocycles. The first kappa shape index (κ1) is 17.3. The van der Waals surface area contributed by atoms with E-state index < -0.39 is 11.8 Å². The summed E-state index contributed by atoms with van der Waals surface area (Å²) >= 11 is 11.7. The third-order valence-corrected chi connectivity index (χ3v) is 3.44. The lowest BCUT2D eigenvalue weighted by Gasteiger charge is -2.08. The Labute approximate surface area is 143 Å². The first-order chi connectivity index (χ1) is 11.0. The van der Waals surface area contributed by atoms with Gasteiger partial charge in [-0.2, -0.15) is 0 Å². The van der Waals surface area contributed by atoms with Gasteiger partial charge in [-0.1, -0.05) is 47.5 Å². The minimum absolute atomic E-state index is 0.233. The van der Waals surface area contributed by atoms with Gasteiger partial charge >= 0.3 is 11.8 Å². The summed E-state index contributed by atoms with van der Waals surface area (Å²) in [5, 5.41) is 5.72. The Hall–Kier alpha value is -2.08. The number of anilines is 1. The molecule has 2 rings (SSSR count). The number of carbonyl (C=O) groups excluding carboxylic acids is 2. The van der Waals surface area contributed by atoms with Gasteiger partial charge in [0.1, 0.15) is 0 Å². The Kier molecular flexibility index (Phi) is 5.98. The van der Waals surface area contributed by atoms with Gasteiger partial charge in [0, 0.05) is 28.8 Å². The zero-order chi connectivity index (χ0) is 16.8. The van der Waals surface area contributed by atoms with Crippen molar-refractivity contribution in [3.8, 4) is 0 Å². The molecule has 2 aromatic carbocycles. The molecule has 0 heterocycles. The molecular formula is C16H15Cl2N3O2. The van der Waals surface area contributed by atoms with E-state index in [0.29, 0.717) is 22.3 Å². The van der Waals surface area contributed by atoms with Crippen LogP contribution in [0.5, 0.6) is 0 Å². The monoisotopic (exact) mass is 351 g/mol.